The van der Waals surface area contributed by atoms with Crippen LogP contribution in [-0.4, -0.2) is 16.8 Å². The fourth-order valence-electron chi connectivity index (χ4n) is 0.346. The molecule has 0 aromatic rings. The van der Waals surface area contributed by atoms with E-state index in [1.807, 2.05) is 6.92 Å². The molecule has 0 aromatic heterocycles. The molecule has 0 aliphatic carbocycles. The Kier molecular flexibility index (Phi) is 1.23. The van der Waals surface area contributed by atoms with E-state index in [0.29, 0.717) is 0 Å². The third-order valence-electron chi connectivity index (χ3n) is 0.812. The molecule has 0 aromatic carbocycles. The molecule has 7 heavy (non-hydrogen) atoms. The van der Waals surface area contributed by atoms with Crippen molar-refractivity contribution in [3.05, 3.63) is 0 Å². The third kappa shape index (κ3) is 0.881. The Labute approximate surface area is 50.5 Å². The van der Waals surface area contributed by atoms with Gasteiger partial charge in [-0.15, -0.1) is 0 Å². The lowest BCUT2D eigenvalue weighted by Gasteiger charge is -1.88. The lowest BCUT2D eigenvalue weighted by atomic mass is 10.3. The zero-order valence-electron chi connectivity index (χ0n) is 3.93. The Bertz CT molecular complexity index is 128. The summed E-state index contributed by atoms with van der Waals surface area (Å²) < 4.78 is 0. The molecule has 0 saturated carbocycles. The van der Waals surface area contributed by atoms with Crippen LogP contribution in [0.5, 0.6) is 0 Å². The van der Waals surface area contributed by atoms with Gasteiger partial charge in [-0.3, -0.25) is 0 Å². The smallest absolute Gasteiger partial charge is 0.0914 e. The number of hydrogen-bond donors (Lipinski definition) is 0. The Morgan fingerprint density at radius 3 is 2.71 bits per heavy atom. The summed E-state index contributed by atoms with van der Waals surface area (Å²) in [7, 11) is 0. The van der Waals surface area contributed by atoms with Gasteiger partial charge in [-0.1, -0.05) is 15.9 Å². The van der Waals surface area contributed by atoms with Crippen molar-refractivity contribution in [2.24, 2.45) is 10.2 Å². The van der Waals surface area contributed by atoms with Gasteiger partial charge in [-0.25, -0.2) is 0 Å². The zero-order chi connectivity index (χ0) is 5.28. The van der Waals surface area contributed by atoms with Crippen LogP contribution in [0.15, 0.2) is 10.2 Å². The summed E-state index contributed by atoms with van der Waals surface area (Å²) in [5.74, 6) is 0. The molecular formula is C4H5BrN2. The van der Waals surface area contributed by atoms with Crippen molar-refractivity contribution in [2.45, 2.75) is 11.8 Å². The molecular weight excluding hydrogens is 156 g/mol. The highest BCUT2D eigenvalue weighted by Gasteiger charge is 2.07. The van der Waals surface area contributed by atoms with Crippen LogP contribution in [0, 0.1) is 0 Å². The summed E-state index contributed by atoms with van der Waals surface area (Å²) in [6, 6.07) is 0. The van der Waals surface area contributed by atoms with E-state index >= 15 is 0 Å². The number of halogens is 1. The average Bonchev–Trinajstić information content (AvgIpc) is 1.91. The highest BCUT2D eigenvalue weighted by atomic mass is 79.9. The Balaban J connectivity index is 2.69. The standard InChI is InChI=1S/C4H5BrN2/c1-3-4(5)2-6-7-3/h2,4H,1H3/t4-/m1/s1. The number of nitrogens with zero attached hydrogens (tertiary/aromatic N) is 2. The summed E-state index contributed by atoms with van der Waals surface area (Å²) in [6.45, 7) is 1.94. The fourth-order valence-corrected chi connectivity index (χ4v) is 0.543. The van der Waals surface area contributed by atoms with E-state index in [-0.39, 0.29) is 4.83 Å². The van der Waals surface area contributed by atoms with Crippen LogP contribution >= 0.6 is 15.9 Å². The molecule has 1 heterocycles. The quantitative estimate of drug-likeness (QED) is 0.477. The second kappa shape index (κ2) is 1.74. The maximum absolute atomic E-state index is 3.76. The average molecular weight is 161 g/mol. The maximum Gasteiger partial charge on any atom is 0.0914 e. The largest absolute Gasteiger partial charge is 0.162 e. The molecule has 1 aliphatic rings. The van der Waals surface area contributed by atoms with Crippen molar-refractivity contribution in [1.82, 2.24) is 0 Å². The number of rotatable bonds is 0. The predicted molar refractivity (Wildman–Crippen MR) is 34.3 cm³/mol. The van der Waals surface area contributed by atoms with E-state index < -0.39 is 0 Å². The Morgan fingerprint density at radius 2 is 2.57 bits per heavy atom. The molecule has 0 bridgehead atoms. The van der Waals surface area contributed by atoms with E-state index in [2.05, 4.69) is 26.1 Å². The molecule has 0 spiro atoms. The second-order valence-electron chi connectivity index (χ2n) is 1.41. The minimum Gasteiger partial charge on any atom is -0.162 e. The second-order valence-corrected chi connectivity index (χ2v) is 2.39. The summed E-state index contributed by atoms with van der Waals surface area (Å²) >= 11 is 3.32. The van der Waals surface area contributed by atoms with Crippen LogP contribution in [-0.2, 0) is 0 Å². The third-order valence-corrected chi connectivity index (χ3v) is 1.71. The van der Waals surface area contributed by atoms with Gasteiger partial charge >= 0.3 is 0 Å². The topological polar surface area (TPSA) is 24.7 Å². The van der Waals surface area contributed by atoms with Crippen LogP contribution in [0.25, 0.3) is 0 Å². The summed E-state index contributed by atoms with van der Waals surface area (Å²) in [5.41, 5.74) is 1.03. The van der Waals surface area contributed by atoms with Gasteiger partial charge in [0.25, 0.3) is 0 Å². The molecule has 1 rings (SSSR count). The van der Waals surface area contributed by atoms with E-state index in [1.165, 1.54) is 0 Å². The monoisotopic (exact) mass is 160 g/mol. The van der Waals surface area contributed by atoms with Crippen molar-refractivity contribution in [3.63, 3.8) is 0 Å². The molecule has 0 saturated heterocycles. The lowest BCUT2D eigenvalue weighted by molar-refractivity contribution is 1.27. The van der Waals surface area contributed by atoms with Gasteiger partial charge in [0.1, 0.15) is 0 Å². The zero-order valence-corrected chi connectivity index (χ0v) is 5.51. The molecule has 2 nitrogen and oxygen atoms in total. The van der Waals surface area contributed by atoms with Crippen LogP contribution in [0.1, 0.15) is 6.92 Å². The maximum atomic E-state index is 3.76. The van der Waals surface area contributed by atoms with E-state index in [1.54, 1.807) is 6.21 Å². The summed E-state index contributed by atoms with van der Waals surface area (Å²) in [5, 5.41) is 7.42. The SMILES string of the molecule is CC1=NN=C[C@H]1Br. The Hall–Kier alpha value is -0.180. The highest BCUT2D eigenvalue weighted by molar-refractivity contribution is 9.10. The first-order valence-electron chi connectivity index (χ1n) is 2.02. The molecule has 0 radical (unpaired) electrons. The van der Waals surface area contributed by atoms with Gasteiger partial charge in [0.05, 0.1) is 10.5 Å². The molecule has 0 N–H and O–H groups in total. The highest BCUT2D eigenvalue weighted by Crippen LogP contribution is 2.04. The lowest BCUT2D eigenvalue weighted by Crippen LogP contribution is -2.04. The number of hydrogen-bond acceptors (Lipinski definition) is 2. The predicted octanol–water partition coefficient (Wildman–Crippen LogP) is 1.21. The number of alkyl halides is 1. The van der Waals surface area contributed by atoms with Crippen LogP contribution < -0.4 is 0 Å². The first kappa shape index (κ1) is 4.97. The normalized spacial score (nSPS) is 28.3. The van der Waals surface area contributed by atoms with E-state index in [9.17, 15) is 0 Å². The van der Waals surface area contributed by atoms with Crippen molar-refractivity contribution >= 4 is 27.9 Å². The van der Waals surface area contributed by atoms with Gasteiger partial charge in [0.15, 0.2) is 0 Å². The molecule has 3 heteroatoms. The van der Waals surface area contributed by atoms with E-state index in [0.717, 1.165) is 5.71 Å². The fraction of sp³-hybridized carbons (Fsp3) is 0.500. The molecule has 0 fully saturated rings. The van der Waals surface area contributed by atoms with Crippen molar-refractivity contribution in [2.75, 3.05) is 0 Å². The van der Waals surface area contributed by atoms with Crippen molar-refractivity contribution in [1.29, 1.82) is 0 Å². The Morgan fingerprint density at radius 1 is 1.86 bits per heavy atom. The first-order valence-corrected chi connectivity index (χ1v) is 2.94. The molecule has 38 valence electrons. The van der Waals surface area contributed by atoms with Crippen LogP contribution in [0.4, 0.5) is 0 Å². The van der Waals surface area contributed by atoms with Crippen molar-refractivity contribution < 1.29 is 0 Å². The molecule has 0 unspecified atom stereocenters. The molecule has 1 aliphatic heterocycles. The van der Waals surface area contributed by atoms with Gasteiger partial charge in [0, 0.05) is 6.21 Å². The molecule has 0 amide bonds. The minimum absolute atomic E-state index is 0.285. The summed E-state index contributed by atoms with van der Waals surface area (Å²) in [6.07, 6.45) is 1.76. The van der Waals surface area contributed by atoms with Crippen LogP contribution in [0.2, 0.25) is 0 Å². The first-order chi connectivity index (χ1) is 3.30. The van der Waals surface area contributed by atoms with Gasteiger partial charge < -0.3 is 0 Å². The van der Waals surface area contributed by atoms with Gasteiger partial charge in [-0.2, -0.15) is 10.2 Å². The van der Waals surface area contributed by atoms with Crippen molar-refractivity contribution in [3.8, 4) is 0 Å². The minimum atomic E-state index is 0.285. The summed E-state index contributed by atoms with van der Waals surface area (Å²) in [4.78, 5) is 0.285. The van der Waals surface area contributed by atoms with Gasteiger partial charge in [0.2, 0.25) is 0 Å². The van der Waals surface area contributed by atoms with Crippen LogP contribution in [0.3, 0.4) is 0 Å². The molecule has 1 atom stereocenters. The van der Waals surface area contributed by atoms with E-state index in [4.69, 9.17) is 0 Å². The van der Waals surface area contributed by atoms with Gasteiger partial charge in [-0.05, 0) is 6.92 Å².